The van der Waals surface area contributed by atoms with Crippen LogP contribution in [0.5, 0.6) is 0 Å². The molecule has 0 heterocycles. The highest BCUT2D eigenvalue weighted by Gasteiger charge is 2.40. The maximum Gasteiger partial charge on any atom is 0.248 e. The Morgan fingerprint density at radius 1 is 1.43 bits per heavy atom. The van der Waals surface area contributed by atoms with Crippen molar-refractivity contribution < 1.29 is 4.79 Å². The summed E-state index contributed by atoms with van der Waals surface area (Å²) in [5.41, 5.74) is 13.6. The highest BCUT2D eigenvalue weighted by Crippen LogP contribution is 2.49. The van der Waals surface area contributed by atoms with E-state index in [2.05, 4.69) is 6.92 Å². The predicted octanol–water partition coefficient (Wildman–Crippen LogP) is 1.42. The van der Waals surface area contributed by atoms with Crippen LogP contribution in [0.2, 0.25) is 0 Å². The van der Waals surface area contributed by atoms with Crippen molar-refractivity contribution in [3.63, 3.8) is 0 Å². The number of hydrogen-bond acceptors (Lipinski definition) is 2. The van der Waals surface area contributed by atoms with Crippen LogP contribution in [0.4, 0.5) is 5.69 Å². The Labute approximate surface area is 83.1 Å². The summed E-state index contributed by atoms with van der Waals surface area (Å²) in [5.74, 6) is -0.427. The summed E-state index contributed by atoms with van der Waals surface area (Å²) >= 11 is 0. The minimum absolute atomic E-state index is 0.236. The fraction of sp³-hybridized carbons (Fsp3) is 0.364. The molecular formula is C11H14N2O. The Bertz CT molecular complexity index is 394. The molecule has 3 nitrogen and oxygen atoms in total. The molecule has 0 radical (unpaired) electrons. The topological polar surface area (TPSA) is 69.1 Å². The standard InChI is InChI=1S/C11H14N2O/c1-11(4-5-11)8-3-2-7(10(13)14)6-9(8)12/h2-3,6H,4-5,12H2,1H3,(H2,13,14). The minimum Gasteiger partial charge on any atom is -0.398 e. The van der Waals surface area contributed by atoms with Crippen LogP contribution < -0.4 is 11.5 Å². The molecule has 1 aliphatic carbocycles. The average Bonchev–Trinajstić information content (AvgIpc) is 2.84. The van der Waals surface area contributed by atoms with E-state index in [0.29, 0.717) is 11.3 Å². The van der Waals surface area contributed by atoms with E-state index in [9.17, 15) is 4.79 Å². The van der Waals surface area contributed by atoms with Gasteiger partial charge < -0.3 is 11.5 Å². The molecule has 1 saturated carbocycles. The highest BCUT2D eigenvalue weighted by atomic mass is 16.1. The van der Waals surface area contributed by atoms with E-state index in [1.807, 2.05) is 6.07 Å². The molecule has 14 heavy (non-hydrogen) atoms. The lowest BCUT2D eigenvalue weighted by Gasteiger charge is -2.12. The summed E-state index contributed by atoms with van der Waals surface area (Å²) < 4.78 is 0. The first kappa shape index (κ1) is 9.06. The SMILES string of the molecule is CC1(c2ccc(C(N)=O)cc2N)CC1. The fourth-order valence-corrected chi connectivity index (χ4v) is 1.72. The van der Waals surface area contributed by atoms with Crippen LogP contribution in [0.3, 0.4) is 0 Å². The van der Waals surface area contributed by atoms with Gasteiger partial charge in [-0.15, -0.1) is 0 Å². The van der Waals surface area contributed by atoms with Gasteiger partial charge in [0.05, 0.1) is 0 Å². The predicted molar refractivity (Wildman–Crippen MR) is 56.0 cm³/mol. The molecule has 0 spiro atoms. The molecular weight excluding hydrogens is 176 g/mol. The second-order valence-electron chi connectivity index (χ2n) is 4.23. The molecule has 1 aromatic rings. The molecule has 0 unspecified atom stereocenters. The molecule has 74 valence electrons. The monoisotopic (exact) mass is 190 g/mol. The van der Waals surface area contributed by atoms with Crippen LogP contribution in [0.25, 0.3) is 0 Å². The largest absolute Gasteiger partial charge is 0.398 e. The maximum atomic E-state index is 10.9. The minimum atomic E-state index is -0.427. The van der Waals surface area contributed by atoms with Gasteiger partial charge in [-0.2, -0.15) is 0 Å². The van der Waals surface area contributed by atoms with Crippen LogP contribution in [-0.2, 0) is 5.41 Å². The molecule has 0 aromatic heterocycles. The molecule has 0 bridgehead atoms. The quantitative estimate of drug-likeness (QED) is 0.692. The van der Waals surface area contributed by atoms with Gasteiger partial charge in [0.1, 0.15) is 0 Å². The summed E-state index contributed by atoms with van der Waals surface area (Å²) in [6, 6.07) is 5.33. The Kier molecular flexibility index (Phi) is 1.77. The number of primary amides is 1. The zero-order valence-electron chi connectivity index (χ0n) is 8.21. The van der Waals surface area contributed by atoms with E-state index in [0.717, 1.165) is 5.56 Å². The third kappa shape index (κ3) is 1.35. The Hall–Kier alpha value is -1.51. The van der Waals surface area contributed by atoms with Gasteiger partial charge in [0.25, 0.3) is 0 Å². The van der Waals surface area contributed by atoms with Crippen molar-refractivity contribution in [3.8, 4) is 0 Å². The van der Waals surface area contributed by atoms with Crippen molar-refractivity contribution in [2.75, 3.05) is 5.73 Å². The first-order valence-electron chi connectivity index (χ1n) is 4.73. The van der Waals surface area contributed by atoms with Gasteiger partial charge in [-0.1, -0.05) is 13.0 Å². The second kappa shape index (κ2) is 2.74. The van der Waals surface area contributed by atoms with Crippen LogP contribution in [-0.4, -0.2) is 5.91 Å². The first-order chi connectivity index (χ1) is 6.53. The van der Waals surface area contributed by atoms with Gasteiger partial charge in [0, 0.05) is 11.3 Å². The lowest BCUT2D eigenvalue weighted by molar-refractivity contribution is 0.100. The number of benzene rings is 1. The van der Waals surface area contributed by atoms with Crippen LogP contribution in [0, 0.1) is 0 Å². The smallest absolute Gasteiger partial charge is 0.248 e. The number of carbonyl (C=O) groups is 1. The number of amides is 1. The fourth-order valence-electron chi connectivity index (χ4n) is 1.72. The van der Waals surface area contributed by atoms with Gasteiger partial charge >= 0.3 is 0 Å². The molecule has 1 fully saturated rings. The van der Waals surface area contributed by atoms with E-state index in [4.69, 9.17) is 11.5 Å². The van der Waals surface area contributed by atoms with Gasteiger partial charge in [0.2, 0.25) is 5.91 Å². The molecule has 0 atom stereocenters. The van der Waals surface area contributed by atoms with Crippen molar-refractivity contribution in [2.24, 2.45) is 5.73 Å². The molecule has 4 N–H and O–H groups in total. The summed E-state index contributed by atoms with van der Waals surface area (Å²) in [7, 11) is 0. The Morgan fingerprint density at radius 3 is 2.50 bits per heavy atom. The summed E-state index contributed by atoms with van der Waals surface area (Å²) in [5, 5.41) is 0. The van der Waals surface area contributed by atoms with Crippen LogP contribution in [0.15, 0.2) is 18.2 Å². The average molecular weight is 190 g/mol. The summed E-state index contributed by atoms with van der Waals surface area (Å²) in [6.07, 6.45) is 2.35. The number of hydrogen-bond donors (Lipinski definition) is 2. The molecule has 0 aliphatic heterocycles. The van der Waals surface area contributed by atoms with Gasteiger partial charge in [-0.25, -0.2) is 0 Å². The van der Waals surface area contributed by atoms with Gasteiger partial charge in [-0.3, -0.25) is 4.79 Å². The second-order valence-corrected chi connectivity index (χ2v) is 4.23. The van der Waals surface area contributed by atoms with Crippen LogP contribution >= 0.6 is 0 Å². The Balaban J connectivity index is 2.41. The maximum absolute atomic E-state index is 10.9. The third-order valence-electron chi connectivity index (χ3n) is 2.99. The van der Waals surface area contributed by atoms with Crippen LogP contribution in [0.1, 0.15) is 35.7 Å². The first-order valence-corrected chi connectivity index (χ1v) is 4.73. The van der Waals surface area contributed by atoms with Gasteiger partial charge in [0.15, 0.2) is 0 Å². The Morgan fingerprint density at radius 2 is 2.07 bits per heavy atom. The molecule has 1 aromatic carbocycles. The summed E-state index contributed by atoms with van der Waals surface area (Å²) in [4.78, 5) is 10.9. The zero-order valence-corrected chi connectivity index (χ0v) is 8.21. The zero-order chi connectivity index (χ0) is 10.3. The van der Waals surface area contributed by atoms with Crippen molar-refractivity contribution in [1.82, 2.24) is 0 Å². The molecule has 1 amide bonds. The van der Waals surface area contributed by atoms with E-state index in [-0.39, 0.29) is 5.41 Å². The number of nitrogens with two attached hydrogens (primary N) is 2. The molecule has 0 saturated heterocycles. The molecule has 1 aliphatic rings. The number of nitrogen functional groups attached to an aromatic ring is 1. The number of anilines is 1. The molecule has 3 heteroatoms. The number of carbonyl (C=O) groups excluding carboxylic acids is 1. The van der Waals surface area contributed by atoms with Crippen molar-refractivity contribution in [1.29, 1.82) is 0 Å². The highest BCUT2D eigenvalue weighted by molar-refractivity contribution is 5.93. The lowest BCUT2D eigenvalue weighted by atomic mass is 9.95. The summed E-state index contributed by atoms with van der Waals surface area (Å²) in [6.45, 7) is 2.18. The van der Waals surface area contributed by atoms with E-state index in [1.54, 1.807) is 12.1 Å². The lowest BCUT2D eigenvalue weighted by Crippen LogP contribution is -2.13. The normalized spacial score (nSPS) is 17.8. The van der Waals surface area contributed by atoms with E-state index in [1.165, 1.54) is 12.8 Å². The van der Waals surface area contributed by atoms with Gasteiger partial charge in [-0.05, 0) is 36.0 Å². The van der Waals surface area contributed by atoms with Crippen molar-refractivity contribution in [3.05, 3.63) is 29.3 Å². The van der Waals surface area contributed by atoms with E-state index >= 15 is 0 Å². The third-order valence-corrected chi connectivity index (χ3v) is 2.99. The van der Waals surface area contributed by atoms with Crippen molar-refractivity contribution in [2.45, 2.75) is 25.2 Å². The van der Waals surface area contributed by atoms with E-state index < -0.39 is 5.91 Å². The number of rotatable bonds is 2. The van der Waals surface area contributed by atoms with Crippen molar-refractivity contribution >= 4 is 11.6 Å². The molecule has 2 rings (SSSR count).